The highest BCUT2D eigenvalue weighted by Gasteiger charge is 2.06. The van der Waals surface area contributed by atoms with E-state index in [0.717, 1.165) is 46.7 Å². The van der Waals surface area contributed by atoms with Gasteiger partial charge in [0.25, 0.3) is 0 Å². The summed E-state index contributed by atoms with van der Waals surface area (Å²) in [6, 6.07) is 9.99. The van der Waals surface area contributed by atoms with Crippen molar-refractivity contribution in [2.75, 3.05) is 19.0 Å². The SMILES string of the molecule is CCCc1nc(NCC)cc(Sc2cccc(OC)c2)n1. The van der Waals surface area contributed by atoms with E-state index in [2.05, 4.69) is 35.2 Å². The molecule has 1 heterocycles. The Labute approximate surface area is 130 Å². The van der Waals surface area contributed by atoms with E-state index in [-0.39, 0.29) is 0 Å². The van der Waals surface area contributed by atoms with Crippen LogP contribution in [-0.4, -0.2) is 23.6 Å². The van der Waals surface area contributed by atoms with Gasteiger partial charge in [0.1, 0.15) is 22.4 Å². The van der Waals surface area contributed by atoms with Crippen LogP contribution in [0.4, 0.5) is 5.82 Å². The van der Waals surface area contributed by atoms with Crippen LogP contribution >= 0.6 is 11.8 Å². The normalized spacial score (nSPS) is 10.4. The second-order valence-electron chi connectivity index (χ2n) is 4.57. The quantitative estimate of drug-likeness (QED) is 0.783. The molecule has 2 rings (SSSR count). The fraction of sp³-hybridized carbons (Fsp3) is 0.375. The molecule has 0 unspecified atom stereocenters. The number of hydrogen-bond acceptors (Lipinski definition) is 5. The highest BCUT2D eigenvalue weighted by Crippen LogP contribution is 2.30. The Bertz CT molecular complexity index is 565. The lowest BCUT2D eigenvalue weighted by Gasteiger charge is -2.09. The van der Waals surface area contributed by atoms with E-state index in [1.165, 1.54) is 0 Å². The standard InChI is InChI=1S/C16H21N3OS/c1-4-7-14-18-15(17-5-2)11-16(19-14)21-13-9-6-8-12(10-13)20-3/h6,8-11H,4-5,7H2,1-3H3,(H,17,18,19). The Balaban J connectivity index is 2.24. The number of benzene rings is 1. The summed E-state index contributed by atoms with van der Waals surface area (Å²) >= 11 is 1.63. The van der Waals surface area contributed by atoms with Crippen LogP contribution in [0.5, 0.6) is 5.75 Å². The summed E-state index contributed by atoms with van der Waals surface area (Å²) in [7, 11) is 1.68. The number of rotatable bonds is 7. The average molecular weight is 303 g/mol. The number of anilines is 1. The maximum Gasteiger partial charge on any atom is 0.132 e. The molecule has 4 nitrogen and oxygen atoms in total. The minimum atomic E-state index is 0.853. The van der Waals surface area contributed by atoms with Gasteiger partial charge in [-0.2, -0.15) is 0 Å². The number of aromatic nitrogens is 2. The smallest absolute Gasteiger partial charge is 0.132 e. The van der Waals surface area contributed by atoms with Gasteiger partial charge in [0, 0.05) is 23.9 Å². The van der Waals surface area contributed by atoms with E-state index >= 15 is 0 Å². The Hall–Kier alpha value is -1.75. The summed E-state index contributed by atoms with van der Waals surface area (Å²) in [4.78, 5) is 10.3. The van der Waals surface area contributed by atoms with E-state index in [4.69, 9.17) is 4.74 Å². The maximum atomic E-state index is 5.26. The monoisotopic (exact) mass is 303 g/mol. The first-order valence-electron chi connectivity index (χ1n) is 7.19. The molecule has 2 aromatic rings. The van der Waals surface area contributed by atoms with Gasteiger partial charge in [0.15, 0.2) is 0 Å². The lowest BCUT2D eigenvalue weighted by atomic mass is 10.3. The number of hydrogen-bond donors (Lipinski definition) is 1. The Morgan fingerprint density at radius 1 is 1.19 bits per heavy atom. The zero-order valence-corrected chi connectivity index (χ0v) is 13.5. The minimum Gasteiger partial charge on any atom is -0.497 e. The Morgan fingerprint density at radius 2 is 2.05 bits per heavy atom. The van der Waals surface area contributed by atoms with Crippen molar-refractivity contribution in [2.24, 2.45) is 0 Å². The third-order valence-electron chi connectivity index (χ3n) is 2.84. The molecule has 0 amide bonds. The molecule has 0 fully saturated rings. The first kappa shape index (κ1) is 15.6. The summed E-state index contributed by atoms with van der Waals surface area (Å²) in [5.41, 5.74) is 0. The van der Waals surface area contributed by atoms with Gasteiger partial charge in [0.05, 0.1) is 7.11 Å². The molecule has 21 heavy (non-hydrogen) atoms. The molecule has 1 aromatic carbocycles. The van der Waals surface area contributed by atoms with Crippen LogP contribution in [0, 0.1) is 0 Å². The molecule has 1 N–H and O–H groups in total. The second-order valence-corrected chi connectivity index (χ2v) is 5.66. The van der Waals surface area contributed by atoms with Crippen LogP contribution < -0.4 is 10.1 Å². The van der Waals surface area contributed by atoms with Crippen molar-refractivity contribution in [1.82, 2.24) is 9.97 Å². The largest absolute Gasteiger partial charge is 0.497 e. The molecule has 0 aliphatic rings. The van der Waals surface area contributed by atoms with Gasteiger partial charge in [-0.05, 0) is 31.5 Å². The lowest BCUT2D eigenvalue weighted by molar-refractivity contribution is 0.413. The van der Waals surface area contributed by atoms with Gasteiger partial charge >= 0.3 is 0 Å². The summed E-state index contributed by atoms with van der Waals surface area (Å²) in [6.07, 6.45) is 1.93. The molecule has 112 valence electrons. The zero-order valence-electron chi connectivity index (χ0n) is 12.7. The molecule has 0 saturated carbocycles. The van der Waals surface area contributed by atoms with Crippen LogP contribution in [0.2, 0.25) is 0 Å². The van der Waals surface area contributed by atoms with Crippen LogP contribution in [0.25, 0.3) is 0 Å². The predicted octanol–water partition coefficient (Wildman–Crippen LogP) is 4.02. The zero-order chi connectivity index (χ0) is 15.1. The van der Waals surface area contributed by atoms with Gasteiger partial charge in [-0.15, -0.1) is 0 Å². The van der Waals surface area contributed by atoms with Crippen molar-refractivity contribution in [2.45, 2.75) is 36.6 Å². The van der Waals surface area contributed by atoms with Crippen LogP contribution in [0.3, 0.4) is 0 Å². The van der Waals surface area contributed by atoms with E-state index in [1.54, 1.807) is 18.9 Å². The molecule has 0 radical (unpaired) electrons. The first-order valence-corrected chi connectivity index (χ1v) is 8.00. The van der Waals surface area contributed by atoms with Crippen molar-refractivity contribution >= 4 is 17.6 Å². The van der Waals surface area contributed by atoms with Crippen molar-refractivity contribution in [3.8, 4) is 5.75 Å². The summed E-state index contributed by atoms with van der Waals surface area (Å²) in [6.45, 7) is 5.06. The molecule has 1 aromatic heterocycles. The second kappa shape index (κ2) is 7.88. The molecular formula is C16H21N3OS. The van der Waals surface area contributed by atoms with Gasteiger partial charge in [-0.1, -0.05) is 24.8 Å². The third-order valence-corrected chi connectivity index (χ3v) is 3.75. The highest BCUT2D eigenvalue weighted by molar-refractivity contribution is 7.99. The number of aryl methyl sites for hydroxylation is 1. The van der Waals surface area contributed by atoms with E-state index in [0.29, 0.717) is 0 Å². The number of nitrogens with zero attached hydrogens (tertiary/aromatic N) is 2. The van der Waals surface area contributed by atoms with Crippen LogP contribution in [0.1, 0.15) is 26.1 Å². The molecule has 5 heteroatoms. The minimum absolute atomic E-state index is 0.853. The van der Waals surface area contributed by atoms with Crippen molar-refractivity contribution in [1.29, 1.82) is 0 Å². The van der Waals surface area contributed by atoms with E-state index in [9.17, 15) is 0 Å². The third kappa shape index (κ3) is 4.63. The lowest BCUT2D eigenvalue weighted by Crippen LogP contribution is -2.04. The molecule has 0 saturated heterocycles. The van der Waals surface area contributed by atoms with Crippen molar-refractivity contribution in [3.63, 3.8) is 0 Å². The molecule has 0 spiro atoms. The summed E-state index contributed by atoms with van der Waals surface area (Å²) in [5.74, 6) is 2.64. The fourth-order valence-corrected chi connectivity index (χ4v) is 2.80. The first-order chi connectivity index (χ1) is 10.2. The predicted molar refractivity (Wildman–Crippen MR) is 87.3 cm³/mol. The van der Waals surface area contributed by atoms with Crippen LogP contribution in [-0.2, 0) is 6.42 Å². The maximum absolute atomic E-state index is 5.26. The molecule has 0 bridgehead atoms. The summed E-state index contributed by atoms with van der Waals surface area (Å²) < 4.78 is 5.26. The average Bonchev–Trinajstić information content (AvgIpc) is 2.48. The molecule has 0 aliphatic heterocycles. The van der Waals surface area contributed by atoms with Gasteiger partial charge in [-0.3, -0.25) is 0 Å². The molecule has 0 atom stereocenters. The molecular weight excluding hydrogens is 282 g/mol. The number of ether oxygens (including phenoxy) is 1. The van der Waals surface area contributed by atoms with E-state index in [1.807, 2.05) is 24.3 Å². The van der Waals surface area contributed by atoms with Crippen molar-refractivity contribution < 1.29 is 4.74 Å². The topological polar surface area (TPSA) is 47.0 Å². The number of nitrogens with one attached hydrogen (secondary N) is 1. The van der Waals surface area contributed by atoms with Gasteiger partial charge < -0.3 is 10.1 Å². The Morgan fingerprint density at radius 3 is 2.76 bits per heavy atom. The van der Waals surface area contributed by atoms with Crippen molar-refractivity contribution in [3.05, 3.63) is 36.2 Å². The van der Waals surface area contributed by atoms with Gasteiger partial charge in [0.2, 0.25) is 0 Å². The summed E-state index contributed by atoms with van der Waals surface area (Å²) in [5, 5.41) is 4.22. The fourth-order valence-electron chi connectivity index (χ4n) is 1.92. The Kier molecular flexibility index (Phi) is 5.87. The van der Waals surface area contributed by atoms with Gasteiger partial charge in [-0.25, -0.2) is 9.97 Å². The highest BCUT2D eigenvalue weighted by atomic mass is 32.2. The van der Waals surface area contributed by atoms with E-state index < -0.39 is 0 Å². The van der Waals surface area contributed by atoms with Crippen LogP contribution in [0.15, 0.2) is 40.3 Å². The molecule has 0 aliphatic carbocycles. The number of methoxy groups -OCH3 is 1.